The molecule has 2 heterocycles. The molecule has 0 radical (unpaired) electrons. The summed E-state index contributed by atoms with van der Waals surface area (Å²) in [5, 5.41) is 0. The maximum atomic E-state index is 6.05. The second-order valence-electron chi connectivity index (χ2n) is 11.9. The van der Waals surface area contributed by atoms with Gasteiger partial charge in [-0.3, -0.25) is 9.97 Å². The van der Waals surface area contributed by atoms with Crippen molar-refractivity contribution < 1.29 is 73.7 Å². The van der Waals surface area contributed by atoms with Gasteiger partial charge in [0.15, 0.2) is 23.0 Å². The minimum atomic E-state index is 0. The van der Waals surface area contributed by atoms with Gasteiger partial charge in [0.25, 0.3) is 0 Å². The molecule has 0 amide bonds. The van der Waals surface area contributed by atoms with Crippen molar-refractivity contribution in [2.24, 2.45) is 0 Å². The van der Waals surface area contributed by atoms with Crippen LogP contribution in [-0.4, -0.2) is 49.6 Å². The molecule has 0 unspecified atom stereocenters. The number of halogens is 2. The predicted octanol–water partition coefficient (Wildman–Crippen LogP) is 5.24. The molecule has 4 rings (SSSR count). The molecule has 0 saturated heterocycles. The molecule has 0 aliphatic carbocycles. The van der Waals surface area contributed by atoms with Crippen molar-refractivity contribution in [3.63, 3.8) is 0 Å². The zero-order valence-corrected chi connectivity index (χ0v) is 36.2. The smallest absolute Gasteiger partial charge is 0.204 e. The number of nitrogens with zero attached hydrogens (tertiary/aromatic N) is 2. The Morgan fingerprint density at radius 2 is 0.673 bits per heavy atom. The summed E-state index contributed by atoms with van der Waals surface area (Å²) >= 11 is 0. The van der Waals surface area contributed by atoms with E-state index in [2.05, 4.69) is 51.5 Å². The van der Waals surface area contributed by atoms with Crippen LogP contribution in [0.25, 0.3) is 24.3 Å². The fourth-order valence-electron chi connectivity index (χ4n) is 4.74. The van der Waals surface area contributed by atoms with Crippen LogP contribution in [-0.2, 0) is 20.4 Å². The Bertz CT molecular complexity index is 1510. The van der Waals surface area contributed by atoms with Crippen LogP contribution in [0.5, 0.6) is 34.5 Å². The third kappa shape index (κ3) is 18.2. The van der Waals surface area contributed by atoms with Gasteiger partial charge in [0, 0.05) is 56.3 Å². The molecule has 0 aliphatic heterocycles. The fourth-order valence-corrected chi connectivity index (χ4v) is 4.74. The second kappa shape index (κ2) is 31.5. The maximum absolute atomic E-state index is 6.05. The first-order valence-electron chi connectivity index (χ1n) is 18.9. The molecular formula is C44H58Cl2N2O6Pd-2. The van der Waals surface area contributed by atoms with Crippen molar-refractivity contribution in [3.8, 4) is 34.5 Å². The van der Waals surface area contributed by atoms with E-state index in [4.69, 9.17) is 28.4 Å². The SMILES string of the molecule is CCCOc1ccc(/C=C/c2ccncc2)c(OCCC)c1OCCC.CCCOc1ccc(/C=C/c2ccncc2)c(OCCC)c1OCCC.[Cl-].[Cl-].[Pd]. The zero-order valence-electron chi connectivity index (χ0n) is 33.1. The summed E-state index contributed by atoms with van der Waals surface area (Å²) in [6.45, 7) is 16.4. The van der Waals surface area contributed by atoms with Crippen molar-refractivity contribution in [2.75, 3.05) is 39.6 Å². The Kier molecular flexibility index (Phi) is 29.3. The van der Waals surface area contributed by atoms with E-state index in [-0.39, 0.29) is 45.2 Å². The van der Waals surface area contributed by atoms with Crippen LogP contribution in [0.2, 0.25) is 0 Å². The molecule has 0 atom stereocenters. The van der Waals surface area contributed by atoms with Gasteiger partial charge in [-0.25, -0.2) is 0 Å². The molecule has 0 N–H and O–H groups in total. The average molecular weight is 888 g/mol. The summed E-state index contributed by atoms with van der Waals surface area (Å²) in [6, 6.07) is 15.8. The predicted molar refractivity (Wildman–Crippen MR) is 214 cm³/mol. The molecule has 0 spiro atoms. The first kappa shape index (κ1) is 51.3. The largest absolute Gasteiger partial charge is 1.00 e. The molecule has 0 aliphatic rings. The summed E-state index contributed by atoms with van der Waals surface area (Å²) < 4.78 is 35.9. The summed E-state index contributed by atoms with van der Waals surface area (Å²) in [5.41, 5.74) is 4.13. The van der Waals surface area contributed by atoms with Gasteiger partial charge in [0.1, 0.15) is 0 Å². The van der Waals surface area contributed by atoms with Crippen molar-refractivity contribution in [2.45, 2.75) is 80.1 Å². The topological polar surface area (TPSA) is 81.2 Å². The van der Waals surface area contributed by atoms with Gasteiger partial charge in [0.2, 0.25) is 11.5 Å². The number of benzene rings is 2. The van der Waals surface area contributed by atoms with Gasteiger partial charge in [0.05, 0.1) is 39.6 Å². The first-order valence-corrected chi connectivity index (χ1v) is 18.9. The molecule has 0 fully saturated rings. The van der Waals surface area contributed by atoms with E-state index in [1.165, 1.54) is 0 Å². The number of rotatable bonds is 22. The molecule has 4 aromatic rings. The van der Waals surface area contributed by atoms with Gasteiger partial charge in [-0.2, -0.15) is 0 Å². The summed E-state index contributed by atoms with van der Waals surface area (Å²) in [7, 11) is 0. The Morgan fingerprint density at radius 1 is 0.382 bits per heavy atom. The van der Waals surface area contributed by atoms with Crippen LogP contribution in [0.4, 0.5) is 0 Å². The van der Waals surface area contributed by atoms with E-state index in [0.29, 0.717) is 51.1 Å². The van der Waals surface area contributed by atoms with Crippen LogP contribution >= 0.6 is 0 Å². The molecule has 0 bridgehead atoms. The van der Waals surface area contributed by atoms with Gasteiger partial charge >= 0.3 is 0 Å². The van der Waals surface area contributed by atoms with Gasteiger partial charge in [-0.05, 0) is 98.2 Å². The quantitative estimate of drug-likeness (QED) is 0.0993. The van der Waals surface area contributed by atoms with Crippen LogP contribution in [0, 0.1) is 0 Å². The first-order chi connectivity index (χ1) is 25.6. The number of hydrogen-bond donors (Lipinski definition) is 0. The minimum absolute atomic E-state index is 0. The third-order valence-electron chi connectivity index (χ3n) is 7.26. The molecule has 2 aromatic heterocycles. The van der Waals surface area contributed by atoms with Crippen LogP contribution in [0.1, 0.15) is 102 Å². The normalized spacial score (nSPS) is 10.3. The molecule has 0 saturated carbocycles. The molecule has 306 valence electrons. The number of pyridine rings is 2. The third-order valence-corrected chi connectivity index (χ3v) is 7.26. The Morgan fingerprint density at radius 3 is 0.982 bits per heavy atom. The van der Waals surface area contributed by atoms with Crippen molar-refractivity contribution in [1.82, 2.24) is 9.97 Å². The molecular weight excluding hydrogens is 830 g/mol. The monoisotopic (exact) mass is 886 g/mol. The number of aromatic nitrogens is 2. The van der Waals surface area contributed by atoms with Crippen molar-refractivity contribution in [3.05, 3.63) is 95.6 Å². The van der Waals surface area contributed by atoms with E-state index in [1.54, 1.807) is 24.8 Å². The van der Waals surface area contributed by atoms with Crippen LogP contribution in [0.3, 0.4) is 0 Å². The maximum Gasteiger partial charge on any atom is 0.204 e. The van der Waals surface area contributed by atoms with Gasteiger partial charge in [-0.1, -0.05) is 65.8 Å². The Hall–Kier alpha value is -3.74. The van der Waals surface area contributed by atoms with E-state index in [9.17, 15) is 0 Å². The number of ether oxygens (including phenoxy) is 6. The molecule has 2 aromatic carbocycles. The van der Waals surface area contributed by atoms with Crippen molar-refractivity contribution in [1.29, 1.82) is 0 Å². The average Bonchev–Trinajstić information content (AvgIpc) is 3.19. The van der Waals surface area contributed by atoms with E-state index < -0.39 is 0 Å². The molecule has 55 heavy (non-hydrogen) atoms. The van der Waals surface area contributed by atoms with E-state index in [1.807, 2.05) is 72.8 Å². The van der Waals surface area contributed by atoms with Crippen molar-refractivity contribution >= 4 is 24.3 Å². The molecule has 8 nitrogen and oxygen atoms in total. The standard InChI is InChI=1S/2C22H29NO3.2ClH.Pd/c2*1-4-15-24-20-10-9-19(8-7-18-11-13-23-14-12-18)21(25-16-5-2)22(20)26-17-6-3;;;/h2*7-14H,4-6,15-17H2,1-3H3;2*1H;/p-2/b2*8-7+;;;. The van der Waals surface area contributed by atoms with Gasteiger partial charge < -0.3 is 53.2 Å². The van der Waals surface area contributed by atoms with Crippen LogP contribution in [0.15, 0.2) is 73.3 Å². The summed E-state index contributed by atoms with van der Waals surface area (Å²) in [5.74, 6) is 4.38. The van der Waals surface area contributed by atoms with Crippen LogP contribution < -0.4 is 53.2 Å². The number of hydrogen-bond acceptors (Lipinski definition) is 8. The van der Waals surface area contributed by atoms with E-state index >= 15 is 0 Å². The fraction of sp³-hybridized carbons (Fsp3) is 0.409. The summed E-state index contributed by atoms with van der Waals surface area (Å²) in [6.07, 6.45) is 20.9. The molecule has 11 heteroatoms. The minimum Gasteiger partial charge on any atom is -1.00 e. The van der Waals surface area contributed by atoms with Gasteiger partial charge in [-0.15, -0.1) is 0 Å². The zero-order chi connectivity index (χ0) is 37.2. The van der Waals surface area contributed by atoms with E-state index in [0.717, 1.165) is 83.8 Å². The Balaban J connectivity index is 0.00000101. The second-order valence-corrected chi connectivity index (χ2v) is 11.9. The summed E-state index contributed by atoms with van der Waals surface area (Å²) in [4.78, 5) is 8.10. The Labute approximate surface area is 355 Å².